The average molecular weight is 268 g/mol. The molecule has 0 saturated heterocycles. The van der Waals surface area contributed by atoms with Crippen LogP contribution in [0.3, 0.4) is 0 Å². The number of hydrogen-bond donors (Lipinski definition) is 0. The van der Waals surface area contributed by atoms with Crippen LogP contribution in [0.1, 0.15) is 11.1 Å². The van der Waals surface area contributed by atoms with Crippen molar-refractivity contribution in [2.45, 2.75) is 30.7 Å². The maximum Gasteiger partial charge on any atom is 0.257 e. The van der Waals surface area contributed by atoms with Crippen molar-refractivity contribution in [2.75, 3.05) is 0 Å². The Hall–Kier alpha value is -1.36. The highest BCUT2D eigenvalue weighted by Gasteiger charge is 2.09. The van der Waals surface area contributed by atoms with Gasteiger partial charge in [-0.1, -0.05) is 42.1 Å². The number of halogens is 2. The molecule has 0 spiro atoms. The zero-order valence-corrected chi connectivity index (χ0v) is 10.8. The summed E-state index contributed by atoms with van der Waals surface area (Å²) in [5, 5.41) is 4.98. The fourth-order valence-corrected chi connectivity index (χ4v) is 2.55. The van der Waals surface area contributed by atoms with Crippen LogP contribution in [0.25, 0.3) is 0 Å². The molecule has 0 amide bonds. The highest BCUT2D eigenvalue weighted by molar-refractivity contribution is 7.98. The van der Waals surface area contributed by atoms with E-state index in [1.807, 2.05) is 37.3 Å². The van der Waals surface area contributed by atoms with Gasteiger partial charge in [-0.15, -0.1) is 0 Å². The van der Waals surface area contributed by atoms with Crippen LogP contribution in [0.15, 0.2) is 41.6 Å². The standard InChI is InChI=1S/C13H14F2N2S/c1-10-7-17(8-12(14)15)16-13(10)18-9-11-5-3-2-4-6-11/h2-7,12H,8-9H2,1H3. The number of aromatic nitrogens is 2. The van der Waals surface area contributed by atoms with E-state index >= 15 is 0 Å². The first-order chi connectivity index (χ1) is 8.65. The number of hydrogen-bond acceptors (Lipinski definition) is 2. The van der Waals surface area contributed by atoms with Crippen LogP contribution < -0.4 is 0 Å². The summed E-state index contributed by atoms with van der Waals surface area (Å²) in [6.45, 7) is 1.55. The van der Waals surface area contributed by atoms with Gasteiger partial charge >= 0.3 is 0 Å². The van der Waals surface area contributed by atoms with Gasteiger partial charge < -0.3 is 0 Å². The lowest BCUT2D eigenvalue weighted by molar-refractivity contribution is 0.121. The molecule has 0 saturated carbocycles. The van der Waals surface area contributed by atoms with Crippen LogP contribution in [0, 0.1) is 6.92 Å². The smallest absolute Gasteiger partial charge is 0.257 e. The monoisotopic (exact) mass is 268 g/mol. The summed E-state index contributed by atoms with van der Waals surface area (Å²) >= 11 is 1.57. The topological polar surface area (TPSA) is 17.8 Å². The lowest BCUT2D eigenvalue weighted by Gasteiger charge is -2.00. The van der Waals surface area contributed by atoms with Gasteiger partial charge in [-0.05, 0) is 12.5 Å². The third-order valence-corrected chi connectivity index (χ3v) is 3.60. The van der Waals surface area contributed by atoms with Gasteiger partial charge in [0.1, 0.15) is 11.6 Å². The quantitative estimate of drug-likeness (QED) is 0.769. The van der Waals surface area contributed by atoms with Crippen LogP contribution in [0.5, 0.6) is 0 Å². The second-order valence-electron chi connectivity index (χ2n) is 4.00. The van der Waals surface area contributed by atoms with Crippen molar-refractivity contribution in [2.24, 2.45) is 0 Å². The molecule has 0 aliphatic heterocycles. The Morgan fingerprint density at radius 1 is 1.28 bits per heavy atom. The Labute approximate surface area is 109 Å². The maximum absolute atomic E-state index is 12.2. The lowest BCUT2D eigenvalue weighted by atomic mass is 10.2. The summed E-state index contributed by atoms with van der Waals surface area (Å²) in [5.41, 5.74) is 2.14. The molecule has 96 valence electrons. The maximum atomic E-state index is 12.2. The zero-order valence-electron chi connectivity index (χ0n) is 10.0. The number of aryl methyl sites for hydroxylation is 1. The lowest BCUT2D eigenvalue weighted by Crippen LogP contribution is -2.06. The normalized spacial score (nSPS) is 11.1. The molecular formula is C13H14F2N2S. The van der Waals surface area contributed by atoms with Crippen LogP contribution in [0.4, 0.5) is 8.78 Å². The van der Waals surface area contributed by atoms with E-state index in [1.54, 1.807) is 18.0 Å². The van der Waals surface area contributed by atoms with Crippen molar-refractivity contribution in [3.05, 3.63) is 47.7 Å². The van der Waals surface area contributed by atoms with Crippen molar-refractivity contribution in [1.82, 2.24) is 9.78 Å². The van der Waals surface area contributed by atoms with Crippen LogP contribution >= 0.6 is 11.8 Å². The molecule has 0 fully saturated rings. The van der Waals surface area contributed by atoms with Gasteiger partial charge in [0.05, 0.1) is 0 Å². The van der Waals surface area contributed by atoms with Gasteiger partial charge in [-0.2, -0.15) is 5.10 Å². The summed E-state index contributed by atoms with van der Waals surface area (Å²) in [6.07, 6.45) is -0.698. The molecule has 0 N–H and O–H groups in total. The second-order valence-corrected chi connectivity index (χ2v) is 4.97. The van der Waals surface area contributed by atoms with E-state index in [1.165, 1.54) is 10.2 Å². The molecule has 0 atom stereocenters. The van der Waals surface area contributed by atoms with Crippen LogP contribution in [-0.4, -0.2) is 16.2 Å². The summed E-state index contributed by atoms with van der Waals surface area (Å²) in [5.74, 6) is 0.799. The predicted octanol–water partition coefficient (Wildman–Crippen LogP) is 3.75. The van der Waals surface area contributed by atoms with Crippen molar-refractivity contribution in [1.29, 1.82) is 0 Å². The molecule has 0 aliphatic carbocycles. The van der Waals surface area contributed by atoms with Crippen LogP contribution in [-0.2, 0) is 12.3 Å². The first kappa shape index (κ1) is 13.1. The van der Waals surface area contributed by atoms with Gasteiger partial charge in [0.2, 0.25) is 0 Å². The van der Waals surface area contributed by atoms with E-state index < -0.39 is 6.43 Å². The molecule has 2 nitrogen and oxygen atoms in total. The van der Waals surface area contributed by atoms with Crippen LogP contribution in [0.2, 0.25) is 0 Å². The SMILES string of the molecule is Cc1cn(CC(F)F)nc1SCc1ccccc1. The van der Waals surface area contributed by atoms with Crippen molar-refractivity contribution >= 4 is 11.8 Å². The van der Waals surface area contributed by atoms with Crippen molar-refractivity contribution in [3.8, 4) is 0 Å². The molecular weight excluding hydrogens is 254 g/mol. The molecule has 1 aromatic carbocycles. The number of thioether (sulfide) groups is 1. The first-order valence-corrected chi connectivity index (χ1v) is 6.62. The van der Waals surface area contributed by atoms with E-state index in [4.69, 9.17) is 0 Å². The van der Waals surface area contributed by atoms with Crippen molar-refractivity contribution in [3.63, 3.8) is 0 Å². The van der Waals surface area contributed by atoms with Crippen molar-refractivity contribution < 1.29 is 8.78 Å². The minimum absolute atomic E-state index is 0.341. The fourth-order valence-electron chi connectivity index (χ4n) is 1.61. The number of alkyl halides is 2. The van der Waals surface area contributed by atoms with Gasteiger partial charge in [0.15, 0.2) is 0 Å². The highest BCUT2D eigenvalue weighted by atomic mass is 32.2. The average Bonchev–Trinajstić information content (AvgIpc) is 2.67. The Bertz CT molecular complexity index is 497. The molecule has 0 bridgehead atoms. The predicted molar refractivity (Wildman–Crippen MR) is 69.0 cm³/mol. The molecule has 2 aromatic rings. The molecule has 5 heteroatoms. The fraction of sp³-hybridized carbons (Fsp3) is 0.308. The second kappa shape index (κ2) is 6.00. The molecule has 0 radical (unpaired) electrons. The zero-order chi connectivity index (χ0) is 13.0. The number of nitrogens with zero attached hydrogens (tertiary/aromatic N) is 2. The third-order valence-electron chi connectivity index (χ3n) is 2.44. The summed E-state index contributed by atoms with van der Waals surface area (Å²) < 4.78 is 25.8. The summed E-state index contributed by atoms with van der Waals surface area (Å²) in [6, 6.07) is 10.0. The minimum atomic E-state index is -2.36. The number of benzene rings is 1. The van der Waals surface area contributed by atoms with E-state index in [0.29, 0.717) is 0 Å². The Morgan fingerprint density at radius 2 is 2.00 bits per heavy atom. The van der Waals surface area contributed by atoms with E-state index in [2.05, 4.69) is 5.10 Å². The van der Waals surface area contributed by atoms with Gasteiger partial charge in [0, 0.05) is 17.5 Å². The first-order valence-electron chi connectivity index (χ1n) is 5.64. The largest absolute Gasteiger partial charge is 0.266 e. The highest BCUT2D eigenvalue weighted by Crippen LogP contribution is 2.24. The summed E-state index contributed by atoms with van der Waals surface area (Å²) in [4.78, 5) is 0. The minimum Gasteiger partial charge on any atom is -0.266 e. The van der Waals surface area contributed by atoms with E-state index in [-0.39, 0.29) is 6.54 Å². The van der Waals surface area contributed by atoms with Gasteiger partial charge in [-0.25, -0.2) is 8.78 Å². The Balaban J connectivity index is 1.99. The van der Waals surface area contributed by atoms with Gasteiger partial charge in [-0.3, -0.25) is 4.68 Å². The van der Waals surface area contributed by atoms with Gasteiger partial charge in [0.25, 0.3) is 6.43 Å². The Kier molecular flexibility index (Phi) is 4.36. The molecule has 18 heavy (non-hydrogen) atoms. The summed E-state index contributed by atoms with van der Waals surface area (Å²) in [7, 11) is 0. The van der Waals surface area contributed by atoms with E-state index in [9.17, 15) is 8.78 Å². The molecule has 0 aliphatic rings. The molecule has 0 unspecified atom stereocenters. The van der Waals surface area contributed by atoms with E-state index in [0.717, 1.165) is 16.3 Å². The number of rotatable bonds is 5. The molecule has 2 rings (SSSR count). The molecule has 1 aromatic heterocycles. The Morgan fingerprint density at radius 3 is 2.67 bits per heavy atom. The molecule has 1 heterocycles. The third kappa shape index (κ3) is 3.57.